The van der Waals surface area contributed by atoms with Crippen LogP contribution in [0.1, 0.15) is 20.7 Å². The normalized spacial score (nSPS) is 10.6. The molecule has 0 radical (unpaired) electrons. The summed E-state index contributed by atoms with van der Waals surface area (Å²) in [6.45, 7) is 0. The van der Waals surface area contributed by atoms with E-state index in [1.165, 1.54) is 16.9 Å². The maximum absolute atomic E-state index is 12.4. The summed E-state index contributed by atoms with van der Waals surface area (Å²) < 4.78 is 7.36. The Bertz CT molecular complexity index is 1470. The lowest BCUT2D eigenvalue weighted by Gasteiger charge is -2.08. The van der Waals surface area contributed by atoms with Gasteiger partial charge in [0.1, 0.15) is 5.75 Å². The van der Waals surface area contributed by atoms with Crippen LogP contribution in [0.3, 0.4) is 0 Å². The molecule has 34 heavy (non-hydrogen) atoms. The number of nitrogens with zero attached hydrogens (tertiary/aromatic N) is 5. The van der Waals surface area contributed by atoms with Crippen LogP contribution in [0.5, 0.6) is 11.6 Å². The maximum Gasteiger partial charge on any atom is 0.258 e. The van der Waals surface area contributed by atoms with Crippen LogP contribution in [-0.4, -0.2) is 36.4 Å². The molecule has 2 amide bonds. The Hall–Kier alpha value is -5.12. The quantitative estimate of drug-likeness (QED) is 0.402. The van der Waals surface area contributed by atoms with Gasteiger partial charge < -0.3 is 15.4 Å². The number of carbonyl (C=O) groups is 2. The molecule has 0 saturated heterocycles. The summed E-state index contributed by atoms with van der Waals surface area (Å²) in [5, 5.41) is 9.91. The topological polar surface area (TPSA) is 123 Å². The first-order chi connectivity index (χ1) is 16.6. The first-order valence-electron chi connectivity index (χ1n) is 10.2. The van der Waals surface area contributed by atoms with Crippen molar-refractivity contribution in [2.75, 3.05) is 10.6 Å². The Balaban J connectivity index is 1.29. The molecule has 166 valence electrons. The van der Waals surface area contributed by atoms with Crippen molar-refractivity contribution in [1.29, 1.82) is 0 Å². The van der Waals surface area contributed by atoms with Crippen LogP contribution in [0, 0.1) is 0 Å². The zero-order valence-electron chi connectivity index (χ0n) is 17.6. The Kier molecular flexibility index (Phi) is 5.60. The van der Waals surface area contributed by atoms with E-state index in [0.717, 1.165) is 0 Å². The maximum atomic E-state index is 12.4. The Morgan fingerprint density at radius 1 is 0.824 bits per heavy atom. The third-order valence-corrected chi connectivity index (χ3v) is 4.70. The van der Waals surface area contributed by atoms with Gasteiger partial charge in [-0.25, -0.2) is 9.50 Å². The summed E-state index contributed by atoms with van der Waals surface area (Å²) in [4.78, 5) is 36.9. The second-order valence-electron chi connectivity index (χ2n) is 7.12. The number of rotatable bonds is 6. The number of hydrogen-bond donors (Lipinski definition) is 2. The average molecular weight is 451 g/mol. The summed E-state index contributed by atoms with van der Waals surface area (Å²) in [7, 11) is 0. The smallest absolute Gasteiger partial charge is 0.258 e. The van der Waals surface area contributed by atoms with Crippen molar-refractivity contribution in [2.45, 2.75) is 0 Å². The molecular weight excluding hydrogens is 434 g/mol. The third kappa shape index (κ3) is 4.70. The molecule has 2 N–H and O–H groups in total. The highest BCUT2D eigenvalue weighted by molar-refractivity contribution is 6.04. The van der Waals surface area contributed by atoms with E-state index in [2.05, 4.69) is 30.7 Å². The molecule has 0 spiro atoms. The first kappa shape index (κ1) is 20.8. The molecule has 4 heterocycles. The van der Waals surface area contributed by atoms with Gasteiger partial charge in [0.25, 0.3) is 11.8 Å². The van der Waals surface area contributed by atoms with Crippen LogP contribution in [0.4, 0.5) is 11.5 Å². The van der Waals surface area contributed by atoms with Gasteiger partial charge in [-0.2, -0.15) is 0 Å². The van der Waals surface area contributed by atoms with Crippen molar-refractivity contribution in [3.8, 4) is 11.6 Å². The summed E-state index contributed by atoms with van der Waals surface area (Å²) in [5.74, 6) is 0.549. The second-order valence-corrected chi connectivity index (χ2v) is 7.12. The van der Waals surface area contributed by atoms with Crippen molar-refractivity contribution in [3.05, 3.63) is 103 Å². The molecule has 0 aliphatic carbocycles. The van der Waals surface area contributed by atoms with Crippen LogP contribution in [0.2, 0.25) is 0 Å². The van der Waals surface area contributed by atoms with Crippen LogP contribution in [0.15, 0.2) is 91.6 Å². The van der Waals surface area contributed by atoms with Crippen LogP contribution < -0.4 is 15.4 Å². The summed E-state index contributed by atoms with van der Waals surface area (Å²) in [5.41, 5.74) is 1.97. The fourth-order valence-electron chi connectivity index (χ4n) is 3.12. The van der Waals surface area contributed by atoms with Crippen LogP contribution in [-0.2, 0) is 0 Å². The fourth-order valence-corrected chi connectivity index (χ4v) is 3.12. The van der Waals surface area contributed by atoms with E-state index in [-0.39, 0.29) is 11.8 Å². The number of aromatic nitrogens is 5. The lowest BCUT2D eigenvalue weighted by Crippen LogP contribution is -2.12. The number of ether oxygens (including phenoxy) is 1. The highest BCUT2D eigenvalue weighted by Crippen LogP contribution is 2.24. The summed E-state index contributed by atoms with van der Waals surface area (Å²) in [6, 6.07) is 17.1. The molecule has 0 saturated carbocycles. The van der Waals surface area contributed by atoms with Crippen molar-refractivity contribution >= 4 is 29.0 Å². The van der Waals surface area contributed by atoms with Crippen LogP contribution in [0.25, 0.3) is 5.65 Å². The van der Waals surface area contributed by atoms with Crippen molar-refractivity contribution in [2.24, 2.45) is 0 Å². The van der Waals surface area contributed by atoms with Gasteiger partial charge >= 0.3 is 0 Å². The molecule has 0 aliphatic heterocycles. The number of amides is 2. The van der Waals surface area contributed by atoms with Gasteiger partial charge in [0.15, 0.2) is 11.5 Å². The molecular formula is C24H17N7O3. The Morgan fingerprint density at radius 3 is 2.26 bits per heavy atom. The van der Waals surface area contributed by atoms with Crippen molar-refractivity contribution in [1.82, 2.24) is 24.6 Å². The monoisotopic (exact) mass is 451 g/mol. The van der Waals surface area contributed by atoms with E-state index in [9.17, 15) is 9.59 Å². The van der Waals surface area contributed by atoms with Crippen molar-refractivity contribution in [3.63, 3.8) is 0 Å². The number of benzene rings is 1. The minimum absolute atomic E-state index is 0.274. The molecule has 0 aliphatic rings. The van der Waals surface area contributed by atoms with Gasteiger partial charge in [-0.1, -0.05) is 6.07 Å². The van der Waals surface area contributed by atoms with Gasteiger partial charge in [0, 0.05) is 42.6 Å². The molecule has 5 aromatic rings. The number of fused-ring (bicyclic) bond motifs is 1. The number of nitrogens with one attached hydrogen (secondary N) is 2. The number of imidazole rings is 1. The lowest BCUT2D eigenvalue weighted by atomic mass is 10.2. The second kappa shape index (κ2) is 9.17. The predicted octanol–water partition coefficient (Wildman–Crippen LogP) is 3.82. The number of carbonyl (C=O) groups excluding carboxylic acids is 2. The Morgan fingerprint density at radius 2 is 1.56 bits per heavy atom. The molecule has 0 atom stereocenters. The number of pyridine rings is 2. The molecule has 0 bridgehead atoms. The minimum atomic E-state index is -0.321. The van der Waals surface area contributed by atoms with Gasteiger partial charge in [-0.15, -0.1) is 5.10 Å². The van der Waals surface area contributed by atoms with Gasteiger partial charge in [0.05, 0.1) is 17.3 Å². The predicted molar refractivity (Wildman–Crippen MR) is 124 cm³/mol. The largest absolute Gasteiger partial charge is 0.438 e. The summed E-state index contributed by atoms with van der Waals surface area (Å²) >= 11 is 0. The van der Waals surface area contributed by atoms with Crippen molar-refractivity contribution < 1.29 is 14.3 Å². The molecule has 1 aromatic carbocycles. The molecule has 0 fully saturated rings. The van der Waals surface area contributed by atoms with Gasteiger partial charge in [0.2, 0.25) is 5.88 Å². The standard InChI is InChI=1S/C24H17N7O3/c32-23(16-4-2-10-25-13-16)27-18-6-1-7-19(12-18)34-22-9-8-21-28-20(15-31(21)30-22)29-24(33)17-5-3-11-26-14-17/h1-15H,(H,27,32)(H,29,33). The number of anilines is 2. The van der Waals surface area contributed by atoms with Gasteiger partial charge in [-0.05, 0) is 42.5 Å². The highest BCUT2D eigenvalue weighted by atomic mass is 16.5. The van der Waals surface area contributed by atoms with E-state index in [1.54, 1.807) is 79.3 Å². The van der Waals surface area contributed by atoms with E-state index < -0.39 is 0 Å². The van der Waals surface area contributed by atoms with E-state index in [0.29, 0.717) is 39.9 Å². The molecule has 0 unspecified atom stereocenters. The Labute approximate surface area is 193 Å². The lowest BCUT2D eigenvalue weighted by molar-refractivity contribution is 0.101. The number of hydrogen-bond acceptors (Lipinski definition) is 7. The minimum Gasteiger partial charge on any atom is -0.438 e. The van der Waals surface area contributed by atoms with E-state index in [4.69, 9.17) is 4.74 Å². The highest BCUT2D eigenvalue weighted by Gasteiger charge is 2.11. The molecule has 5 rings (SSSR count). The average Bonchev–Trinajstić information content (AvgIpc) is 3.27. The van der Waals surface area contributed by atoms with Crippen LogP contribution >= 0.6 is 0 Å². The molecule has 10 heteroatoms. The third-order valence-electron chi connectivity index (χ3n) is 4.70. The zero-order valence-corrected chi connectivity index (χ0v) is 17.6. The molecule has 10 nitrogen and oxygen atoms in total. The first-order valence-corrected chi connectivity index (χ1v) is 10.2. The van der Waals surface area contributed by atoms with Gasteiger partial charge in [-0.3, -0.25) is 19.6 Å². The SMILES string of the molecule is O=C(Nc1cccc(Oc2ccc3nc(NC(=O)c4cccnc4)cn3n2)c1)c1cccnc1. The summed E-state index contributed by atoms with van der Waals surface area (Å²) in [6.07, 6.45) is 7.75. The van der Waals surface area contributed by atoms with E-state index in [1.807, 2.05) is 0 Å². The van der Waals surface area contributed by atoms with E-state index >= 15 is 0 Å². The fraction of sp³-hybridized carbons (Fsp3) is 0. The zero-order chi connectivity index (χ0) is 23.3. The molecule has 4 aromatic heterocycles.